The van der Waals surface area contributed by atoms with E-state index in [1.807, 2.05) is 6.92 Å². The van der Waals surface area contributed by atoms with Crippen LogP contribution >= 0.6 is 36.2 Å². The van der Waals surface area contributed by atoms with Gasteiger partial charge in [-0.3, -0.25) is 4.79 Å². The Morgan fingerprint density at radius 2 is 1.88 bits per heavy atom. The van der Waals surface area contributed by atoms with E-state index in [0.717, 1.165) is 48.6 Å². The molecule has 1 amide bonds. The van der Waals surface area contributed by atoms with Crippen molar-refractivity contribution in [3.8, 4) is 10.6 Å². The summed E-state index contributed by atoms with van der Waals surface area (Å²) in [5, 5.41) is 4.20. The van der Waals surface area contributed by atoms with Crippen LogP contribution in [-0.2, 0) is 0 Å². The number of halogens is 3. The molecule has 0 aliphatic carbocycles. The molecule has 0 radical (unpaired) electrons. The first kappa shape index (κ1) is 21.1. The number of carbonyl (C=O) groups is 1. The van der Waals surface area contributed by atoms with Gasteiger partial charge in [-0.15, -0.1) is 36.2 Å². The number of aromatic nitrogens is 1. The summed E-state index contributed by atoms with van der Waals surface area (Å²) in [7, 11) is 0. The highest BCUT2D eigenvalue weighted by atomic mass is 35.5. The molecule has 8 heteroatoms. The molecule has 0 spiro atoms. The summed E-state index contributed by atoms with van der Waals surface area (Å²) in [5.74, 6) is -0.161. The van der Waals surface area contributed by atoms with E-state index < -0.39 is 0 Å². The van der Waals surface area contributed by atoms with Gasteiger partial charge in [0.1, 0.15) is 15.7 Å². The first-order chi connectivity index (χ1) is 11.6. The molecule has 1 aromatic heterocycles. The number of carbonyl (C=O) groups excluding carboxylic acids is 1. The van der Waals surface area contributed by atoms with Gasteiger partial charge in [-0.1, -0.05) is 0 Å². The fraction of sp³-hybridized carbons (Fsp3) is 0.444. The van der Waals surface area contributed by atoms with E-state index >= 15 is 0 Å². The minimum absolute atomic E-state index is 0. The largest absolute Gasteiger partial charge is 0.331 e. The lowest BCUT2D eigenvalue weighted by Crippen LogP contribution is -2.42. The van der Waals surface area contributed by atoms with Crippen LogP contribution in [0.4, 0.5) is 4.39 Å². The van der Waals surface area contributed by atoms with E-state index in [1.54, 1.807) is 12.1 Å². The molecule has 2 aliphatic rings. The standard InChI is InChI=1S/C18H20FN3OS.2ClH/c1-11-16(24-17(21-11)12-2-4-13(19)5-3-12)18(23)22-14-6-7-15(22)10-20-9-8-14;;/h2-5,14-15,20H,6-10H2,1H3;2*1H. The van der Waals surface area contributed by atoms with Crippen molar-refractivity contribution in [3.05, 3.63) is 40.7 Å². The van der Waals surface area contributed by atoms with Crippen LogP contribution in [0.3, 0.4) is 0 Å². The monoisotopic (exact) mass is 417 g/mol. The molecule has 2 aromatic rings. The Labute approximate surface area is 169 Å². The number of hydrogen-bond acceptors (Lipinski definition) is 4. The molecule has 3 heterocycles. The molecule has 2 fully saturated rings. The number of fused-ring (bicyclic) bond motifs is 2. The lowest BCUT2D eigenvalue weighted by molar-refractivity contribution is 0.0684. The number of nitrogens with one attached hydrogen (secondary N) is 1. The molecule has 2 atom stereocenters. The Hall–Kier alpha value is -1.21. The Morgan fingerprint density at radius 3 is 2.62 bits per heavy atom. The molecule has 4 nitrogen and oxygen atoms in total. The van der Waals surface area contributed by atoms with Crippen LogP contribution in [-0.4, -0.2) is 41.0 Å². The molecule has 26 heavy (non-hydrogen) atoms. The van der Waals surface area contributed by atoms with Crippen LogP contribution in [0.1, 0.15) is 34.6 Å². The third-order valence-electron chi connectivity index (χ3n) is 4.97. The van der Waals surface area contributed by atoms with Crippen LogP contribution in [0.5, 0.6) is 0 Å². The van der Waals surface area contributed by atoms with Gasteiger partial charge < -0.3 is 10.2 Å². The Morgan fingerprint density at radius 1 is 1.19 bits per heavy atom. The van der Waals surface area contributed by atoms with Crippen molar-refractivity contribution in [2.24, 2.45) is 0 Å². The average Bonchev–Trinajstić information content (AvgIpc) is 3.06. The normalized spacial score (nSPS) is 21.5. The van der Waals surface area contributed by atoms with Crippen molar-refractivity contribution < 1.29 is 9.18 Å². The van der Waals surface area contributed by atoms with E-state index in [1.165, 1.54) is 23.5 Å². The Bertz CT molecular complexity index is 754. The SMILES string of the molecule is Cc1nc(-c2ccc(F)cc2)sc1C(=O)N1C2CCNCC1CC2.Cl.Cl. The molecule has 1 aromatic carbocycles. The summed E-state index contributed by atoms with van der Waals surface area (Å²) < 4.78 is 13.1. The van der Waals surface area contributed by atoms with Gasteiger partial charge in [-0.2, -0.15) is 0 Å². The van der Waals surface area contributed by atoms with Crippen LogP contribution in [0, 0.1) is 12.7 Å². The second kappa shape index (κ2) is 8.65. The number of amides is 1. The molecule has 2 saturated heterocycles. The molecule has 2 unspecified atom stereocenters. The zero-order valence-electron chi connectivity index (χ0n) is 14.4. The third kappa shape index (κ3) is 3.88. The van der Waals surface area contributed by atoms with Crippen molar-refractivity contribution >= 4 is 42.1 Å². The topological polar surface area (TPSA) is 45.2 Å². The summed E-state index contributed by atoms with van der Waals surface area (Å²) >= 11 is 1.41. The van der Waals surface area contributed by atoms with E-state index in [2.05, 4.69) is 15.2 Å². The van der Waals surface area contributed by atoms with Crippen molar-refractivity contribution in [3.63, 3.8) is 0 Å². The van der Waals surface area contributed by atoms with E-state index in [4.69, 9.17) is 0 Å². The van der Waals surface area contributed by atoms with Gasteiger partial charge in [0, 0.05) is 24.2 Å². The van der Waals surface area contributed by atoms with Gasteiger partial charge in [0.25, 0.3) is 5.91 Å². The predicted octanol–water partition coefficient (Wildman–Crippen LogP) is 4.07. The van der Waals surface area contributed by atoms with E-state index in [0.29, 0.717) is 17.0 Å². The molecular formula is C18H22Cl2FN3OS. The van der Waals surface area contributed by atoms with Gasteiger partial charge in [0.05, 0.1) is 5.69 Å². The molecule has 1 N–H and O–H groups in total. The Balaban J connectivity index is 0.00000121. The summed E-state index contributed by atoms with van der Waals surface area (Å²) in [6.07, 6.45) is 3.19. The Kier molecular flexibility index (Phi) is 7.02. The van der Waals surface area contributed by atoms with Gasteiger partial charge in [0.2, 0.25) is 0 Å². The molecule has 142 valence electrons. The smallest absolute Gasteiger partial charge is 0.266 e. The maximum atomic E-state index is 13.1. The maximum Gasteiger partial charge on any atom is 0.266 e. The first-order valence-corrected chi connectivity index (χ1v) is 9.22. The van der Waals surface area contributed by atoms with Gasteiger partial charge in [0.15, 0.2) is 0 Å². The number of rotatable bonds is 2. The second-order valence-electron chi connectivity index (χ2n) is 6.53. The van der Waals surface area contributed by atoms with Gasteiger partial charge >= 0.3 is 0 Å². The van der Waals surface area contributed by atoms with Crippen LogP contribution in [0.2, 0.25) is 0 Å². The number of thiazole rings is 1. The minimum atomic E-state index is -0.267. The average molecular weight is 418 g/mol. The van der Waals surface area contributed by atoms with Gasteiger partial charge in [-0.05, 0) is 57.0 Å². The predicted molar refractivity (Wildman–Crippen MR) is 107 cm³/mol. The molecule has 2 bridgehead atoms. The van der Waals surface area contributed by atoms with Crippen molar-refractivity contribution in [2.75, 3.05) is 13.1 Å². The highest BCUT2D eigenvalue weighted by Gasteiger charge is 2.39. The summed E-state index contributed by atoms with van der Waals surface area (Å²) in [5.41, 5.74) is 1.62. The number of aryl methyl sites for hydroxylation is 1. The highest BCUT2D eigenvalue weighted by Crippen LogP contribution is 2.34. The number of benzene rings is 1. The fourth-order valence-corrected chi connectivity index (χ4v) is 4.76. The zero-order chi connectivity index (χ0) is 16.7. The molecular weight excluding hydrogens is 396 g/mol. The number of nitrogens with zero attached hydrogens (tertiary/aromatic N) is 2. The first-order valence-electron chi connectivity index (χ1n) is 8.40. The molecule has 2 aliphatic heterocycles. The van der Waals surface area contributed by atoms with Crippen molar-refractivity contribution in [1.29, 1.82) is 0 Å². The van der Waals surface area contributed by atoms with Crippen molar-refractivity contribution in [1.82, 2.24) is 15.2 Å². The summed E-state index contributed by atoms with van der Waals surface area (Å²) in [6, 6.07) is 6.90. The summed E-state index contributed by atoms with van der Waals surface area (Å²) in [4.78, 5) is 20.5. The minimum Gasteiger partial charge on any atom is -0.331 e. The lowest BCUT2D eigenvalue weighted by atomic mass is 10.1. The van der Waals surface area contributed by atoms with E-state index in [-0.39, 0.29) is 36.5 Å². The lowest BCUT2D eigenvalue weighted by Gasteiger charge is -2.27. The van der Waals surface area contributed by atoms with Gasteiger partial charge in [-0.25, -0.2) is 9.37 Å². The zero-order valence-corrected chi connectivity index (χ0v) is 16.9. The third-order valence-corrected chi connectivity index (χ3v) is 6.17. The second-order valence-corrected chi connectivity index (χ2v) is 7.53. The van der Waals surface area contributed by atoms with Crippen LogP contribution in [0.15, 0.2) is 24.3 Å². The maximum absolute atomic E-state index is 13.1. The molecule has 0 saturated carbocycles. The van der Waals surface area contributed by atoms with E-state index in [9.17, 15) is 9.18 Å². The quantitative estimate of drug-likeness (QED) is 0.800. The van der Waals surface area contributed by atoms with Crippen LogP contribution < -0.4 is 5.32 Å². The van der Waals surface area contributed by atoms with Crippen molar-refractivity contribution in [2.45, 2.75) is 38.3 Å². The van der Waals surface area contributed by atoms with Crippen LogP contribution in [0.25, 0.3) is 10.6 Å². The number of hydrogen-bond donors (Lipinski definition) is 1. The highest BCUT2D eigenvalue weighted by molar-refractivity contribution is 7.17. The fourth-order valence-electron chi connectivity index (χ4n) is 3.74. The summed E-state index contributed by atoms with van der Waals surface area (Å²) in [6.45, 7) is 3.74. The molecule has 4 rings (SSSR count).